The zero-order valence-corrected chi connectivity index (χ0v) is 15.3. The van der Waals surface area contributed by atoms with Gasteiger partial charge in [0.25, 0.3) is 0 Å². The molecule has 140 valence electrons. The number of nitrogens with two attached hydrogens (primary N) is 1. The fraction of sp³-hybridized carbons (Fsp3) is 0.130. The summed E-state index contributed by atoms with van der Waals surface area (Å²) in [6.45, 7) is 0.700. The second-order valence-corrected chi connectivity index (χ2v) is 6.89. The summed E-state index contributed by atoms with van der Waals surface area (Å²) in [7, 11) is 0. The number of aromatic carboxylic acids is 1. The van der Waals surface area contributed by atoms with Crippen LogP contribution in [-0.2, 0) is 6.54 Å². The van der Waals surface area contributed by atoms with Crippen molar-refractivity contribution in [1.82, 2.24) is 4.57 Å². The molecule has 1 amide bonds. The molecule has 1 aliphatic rings. The Morgan fingerprint density at radius 3 is 2.39 bits per heavy atom. The summed E-state index contributed by atoms with van der Waals surface area (Å²) < 4.78 is 2.15. The Morgan fingerprint density at radius 2 is 1.68 bits per heavy atom. The minimum absolute atomic E-state index is 0.285. The molecule has 3 aromatic rings. The molecular weight excluding hydrogens is 352 g/mol. The van der Waals surface area contributed by atoms with E-state index in [0.717, 1.165) is 34.9 Å². The SMILES string of the molecule is NC(=O)c1ccc2c(ccn2CC2=CCCC=C2c2ccc(C(=O)O)cc2)c1. The van der Waals surface area contributed by atoms with Crippen molar-refractivity contribution in [3.05, 3.63) is 89.1 Å². The maximum Gasteiger partial charge on any atom is 0.335 e. The number of aromatic nitrogens is 1. The van der Waals surface area contributed by atoms with Crippen LogP contribution in [0.1, 0.15) is 39.1 Å². The lowest BCUT2D eigenvalue weighted by molar-refractivity contribution is 0.0696. The van der Waals surface area contributed by atoms with Crippen LogP contribution in [0.25, 0.3) is 16.5 Å². The van der Waals surface area contributed by atoms with Gasteiger partial charge < -0.3 is 15.4 Å². The van der Waals surface area contributed by atoms with Crippen LogP contribution in [0, 0.1) is 0 Å². The largest absolute Gasteiger partial charge is 0.478 e. The lowest BCUT2D eigenvalue weighted by Crippen LogP contribution is -2.10. The van der Waals surface area contributed by atoms with Crippen LogP contribution >= 0.6 is 0 Å². The fourth-order valence-electron chi connectivity index (χ4n) is 3.65. The number of carboxylic acids is 1. The summed E-state index contributed by atoms with van der Waals surface area (Å²) in [6.07, 6.45) is 8.41. The summed E-state index contributed by atoms with van der Waals surface area (Å²) in [5.41, 5.74) is 10.6. The van der Waals surface area contributed by atoms with Gasteiger partial charge in [0.05, 0.1) is 5.56 Å². The van der Waals surface area contributed by atoms with E-state index < -0.39 is 11.9 Å². The van der Waals surface area contributed by atoms with E-state index >= 15 is 0 Å². The summed E-state index contributed by atoms with van der Waals surface area (Å²) in [6, 6.07) is 14.5. The molecule has 5 heteroatoms. The minimum atomic E-state index is -0.922. The predicted octanol–water partition coefficient (Wildman–Crippen LogP) is 4.24. The number of carboxylic acid groups (broad SMARTS) is 1. The van der Waals surface area contributed by atoms with Gasteiger partial charge in [-0.25, -0.2) is 4.79 Å². The average molecular weight is 372 g/mol. The number of carbonyl (C=O) groups excluding carboxylic acids is 1. The number of nitrogens with zero attached hydrogens (tertiary/aromatic N) is 1. The number of amides is 1. The molecule has 5 nitrogen and oxygen atoms in total. The van der Waals surface area contributed by atoms with Crippen LogP contribution in [0.2, 0.25) is 0 Å². The first-order chi connectivity index (χ1) is 13.5. The van der Waals surface area contributed by atoms with Crippen molar-refractivity contribution in [3.8, 4) is 0 Å². The van der Waals surface area contributed by atoms with Gasteiger partial charge in [-0.1, -0.05) is 24.3 Å². The van der Waals surface area contributed by atoms with Gasteiger partial charge in [-0.3, -0.25) is 4.79 Å². The first kappa shape index (κ1) is 17.8. The van der Waals surface area contributed by atoms with Crippen LogP contribution < -0.4 is 5.73 Å². The summed E-state index contributed by atoms with van der Waals surface area (Å²) >= 11 is 0. The highest BCUT2D eigenvalue weighted by Gasteiger charge is 2.14. The second kappa shape index (κ2) is 7.19. The molecule has 0 saturated carbocycles. The molecule has 2 aromatic carbocycles. The number of hydrogen-bond donors (Lipinski definition) is 2. The molecule has 28 heavy (non-hydrogen) atoms. The maximum absolute atomic E-state index is 11.4. The number of allylic oxidation sites excluding steroid dienone is 4. The average Bonchev–Trinajstić information content (AvgIpc) is 3.10. The Hall–Kier alpha value is -3.60. The molecule has 0 bridgehead atoms. The third-order valence-electron chi connectivity index (χ3n) is 5.09. The van der Waals surface area contributed by atoms with E-state index in [9.17, 15) is 9.59 Å². The molecule has 1 aromatic heterocycles. The van der Waals surface area contributed by atoms with E-state index in [4.69, 9.17) is 10.8 Å². The lowest BCUT2D eigenvalue weighted by Gasteiger charge is -2.18. The zero-order chi connectivity index (χ0) is 19.7. The second-order valence-electron chi connectivity index (χ2n) is 6.89. The highest BCUT2D eigenvalue weighted by atomic mass is 16.4. The van der Waals surface area contributed by atoms with Crippen molar-refractivity contribution >= 4 is 28.4 Å². The minimum Gasteiger partial charge on any atom is -0.478 e. The monoisotopic (exact) mass is 372 g/mol. The van der Waals surface area contributed by atoms with Crippen molar-refractivity contribution in [2.45, 2.75) is 19.4 Å². The molecule has 3 N–H and O–H groups in total. The third-order valence-corrected chi connectivity index (χ3v) is 5.09. The summed E-state index contributed by atoms with van der Waals surface area (Å²) in [5, 5.41) is 10.1. The summed E-state index contributed by atoms with van der Waals surface area (Å²) in [5.74, 6) is -1.35. The van der Waals surface area contributed by atoms with Gasteiger partial charge in [0.2, 0.25) is 5.91 Å². The maximum atomic E-state index is 11.4. The van der Waals surface area contributed by atoms with Crippen molar-refractivity contribution in [1.29, 1.82) is 0 Å². The highest BCUT2D eigenvalue weighted by molar-refractivity contribution is 5.97. The molecule has 0 atom stereocenters. The number of primary amides is 1. The van der Waals surface area contributed by atoms with E-state index in [2.05, 4.69) is 16.7 Å². The van der Waals surface area contributed by atoms with Gasteiger partial charge in [0.15, 0.2) is 0 Å². The van der Waals surface area contributed by atoms with Gasteiger partial charge in [-0.2, -0.15) is 0 Å². The van der Waals surface area contributed by atoms with E-state index in [-0.39, 0.29) is 5.56 Å². The Kier molecular flexibility index (Phi) is 4.57. The standard InChI is InChI=1S/C23H20N2O3/c24-22(26)18-9-10-21-17(13-18)11-12-25(21)14-19-3-1-2-4-20(19)15-5-7-16(8-6-15)23(27)28/h3-13H,1-2,14H2,(H2,24,26)(H,27,28). The topological polar surface area (TPSA) is 85.3 Å². The quantitative estimate of drug-likeness (QED) is 0.702. The number of rotatable bonds is 5. The normalized spacial score (nSPS) is 13.9. The third kappa shape index (κ3) is 3.34. The fourth-order valence-corrected chi connectivity index (χ4v) is 3.65. The number of carbonyl (C=O) groups is 2. The molecule has 0 fully saturated rings. The van der Waals surface area contributed by atoms with E-state index in [1.807, 2.05) is 36.5 Å². The molecule has 0 saturated heterocycles. The molecule has 0 spiro atoms. The van der Waals surface area contributed by atoms with E-state index in [0.29, 0.717) is 12.1 Å². The van der Waals surface area contributed by atoms with Crippen LogP contribution in [-0.4, -0.2) is 21.6 Å². The Balaban J connectivity index is 1.64. The Bertz CT molecular complexity index is 1130. The van der Waals surface area contributed by atoms with Crippen LogP contribution in [0.3, 0.4) is 0 Å². The molecular formula is C23H20N2O3. The molecule has 0 unspecified atom stereocenters. The van der Waals surface area contributed by atoms with Crippen molar-refractivity contribution < 1.29 is 14.7 Å². The molecule has 0 aliphatic heterocycles. The van der Waals surface area contributed by atoms with Crippen molar-refractivity contribution in [2.24, 2.45) is 5.73 Å². The Labute approximate surface area is 162 Å². The molecule has 1 aliphatic carbocycles. The van der Waals surface area contributed by atoms with Gasteiger partial charge >= 0.3 is 5.97 Å². The van der Waals surface area contributed by atoms with Crippen LogP contribution in [0.15, 0.2) is 72.5 Å². The number of hydrogen-bond acceptors (Lipinski definition) is 2. The van der Waals surface area contributed by atoms with Crippen LogP contribution in [0.4, 0.5) is 0 Å². The van der Waals surface area contributed by atoms with Gasteiger partial charge in [0.1, 0.15) is 0 Å². The molecule has 4 rings (SSSR count). The van der Waals surface area contributed by atoms with Gasteiger partial charge in [-0.05, 0) is 65.9 Å². The van der Waals surface area contributed by atoms with Crippen LogP contribution in [0.5, 0.6) is 0 Å². The smallest absolute Gasteiger partial charge is 0.335 e. The predicted molar refractivity (Wildman–Crippen MR) is 109 cm³/mol. The van der Waals surface area contributed by atoms with Gasteiger partial charge in [0, 0.05) is 29.2 Å². The van der Waals surface area contributed by atoms with Crippen molar-refractivity contribution in [3.63, 3.8) is 0 Å². The molecule has 0 radical (unpaired) electrons. The lowest BCUT2D eigenvalue weighted by atomic mass is 9.91. The van der Waals surface area contributed by atoms with E-state index in [1.54, 1.807) is 18.2 Å². The van der Waals surface area contributed by atoms with E-state index in [1.165, 1.54) is 5.57 Å². The first-order valence-corrected chi connectivity index (χ1v) is 9.15. The number of fused-ring (bicyclic) bond motifs is 1. The summed E-state index contributed by atoms with van der Waals surface area (Å²) in [4.78, 5) is 22.5. The first-order valence-electron chi connectivity index (χ1n) is 9.15. The Morgan fingerprint density at radius 1 is 0.964 bits per heavy atom. The number of benzene rings is 2. The zero-order valence-electron chi connectivity index (χ0n) is 15.3. The van der Waals surface area contributed by atoms with Crippen molar-refractivity contribution in [2.75, 3.05) is 0 Å². The van der Waals surface area contributed by atoms with Gasteiger partial charge in [-0.15, -0.1) is 0 Å². The highest BCUT2D eigenvalue weighted by Crippen LogP contribution is 2.31. The molecule has 1 heterocycles.